The summed E-state index contributed by atoms with van der Waals surface area (Å²) in [6, 6.07) is 13.7. The minimum atomic E-state index is -1.08. The molecule has 2 aromatic carbocycles. The number of esters is 1. The maximum Gasteiger partial charge on any atom is 0.332 e. The van der Waals surface area contributed by atoms with Crippen molar-refractivity contribution in [1.29, 1.82) is 0 Å². The summed E-state index contributed by atoms with van der Waals surface area (Å²) < 4.78 is 5.71. The Morgan fingerprint density at radius 2 is 1.83 bits per heavy atom. The second-order valence-electron chi connectivity index (χ2n) is 6.05. The first kappa shape index (κ1) is 14.6. The van der Waals surface area contributed by atoms with Gasteiger partial charge >= 0.3 is 5.97 Å². The van der Waals surface area contributed by atoms with Gasteiger partial charge in [-0.1, -0.05) is 48.0 Å². The summed E-state index contributed by atoms with van der Waals surface area (Å²) in [5.74, 6) is 0.290. The first-order valence-corrected chi connectivity index (χ1v) is 7.80. The Hall–Kier alpha value is -3.01. The van der Waals surface area contributed by atoms with Crippen molar-refractivity contribution in [2.24, 2.45) is 0 Å². The molecule has 1 unspecified atom stereocenters. The lowest BCUT2D eigenvalue weighted by Gasteiger charge is -2.26. The summed E-state index contributed by atoms with van der Waals surface area (Å²) in [4.78, 5) is 21.8. The molecule has 2 heterocycles. The molecule has 0 aliphatic carbocycles. The van der Waals surface area contributed by atoms with Crippen molar-refractivity contribution in [1.82, 2.24) is 9.97 Å². The Kier molecular flexibility index (Phi) is 3.20. The van der Waals surface area contributed by atoms with Crippen molar-refractivity contribution >= 4 is 5.97 Å². The normalized spacial score (nSPS) is 19.0. The Labute approximate surface area is 140 Å². The Balaban J connectivity index is 2.13. The van der Waals surface area contributed by atoms with E-state index in [1.54, 1.807) is 18.6 Å². The minimum Gasteiger partial charge on any atom is -0.425 e. The van der Waals surface area contributed by atoms with E-state index in [1.165, 1.54) is 0 Å². The van der Waals surface area contributed by atoms with Crippen LogP contribution in [0.5, 0.6) is 5.75 Å². The van der Waals surface area contributed by atoms with Gasteiger partial charge in [0.1, 0.15) is 5.75 Å². The van der Waals surface area contributed by atoms with Crippen LogP contribution in [0, 0.1) is 13.8 Å². The van der Waals surface area contributed by atoms with Crippen molar-refractivity contribution < 1.29 is 9.53 Å². The molecule has 0 spiro atoms. The number of carbonyl (C=O) groups is 1. The number of ether oxygens (including phenoxy) is 1. The molecule has 4 rings (SSSR count). The van der Waals surface area contributed by atoms with Crippen molar-refractivity contribution in [3.05, 3.63) is 89.0 Å². The number of fused-ring (bicyclic) bond motifs is 1. The SMILES string of the molecule is Cc1cc(C)c2c(c1)C(c1ccccc1)(c1cnccn1)C(=O)O2. The van der Waals surface area contributed by atoms with Crippen LogP contribution in [0.4, 0.5) is 0 Å². The molecule has 0 N–H and O–H groups in total. The maximum atomic E-state index is 13.1. The van der Waals surface area contributed by atoms with Crippen LogP contribution in [0.2, 0.25) is 0 Å². The van der Waals surface area contributed by atoms with E-state index in [9.17, 15) is 4.79 Å². The molecule has 1 aromatic heterocycles. The molecule has 1 aliphatic rings. The monoisotopic (exact) mass is 316 g/mol. The fourth-order valence-electron chi connectivity index (χ4n) is 3.49. The Morgan fingerprint density at radius 1 is 1.04 bits per heavy atom. The van der Waals surface area contributed by atoms with Crippen LogP contribution in [0.1, 0.15) is 27.9 Å². The zero-order valence-electron chi connectivity index (χ0n) is 13.5. The highest BCUT2D eigenvalue weighted by Crippen LogP contribution is 2.49. The van der Waals surface area contributed by atoms with Gasteiger partial charge in [0.2, 0.25) is 0 Å². The second kappa shape index (κ2) is 5.27. The summed E-state index contributed by atoms with van der Waals surface area (Å²) in [5.41, 5.74) is 3.18. The smallest absolute Gasteiger partial charge is 0.332 e. The van der Waals surface area contributed by atoms with Crippen LogP contribution < -0.4 is 4.74 Å². The lowest BCUT2D eigenvalue weighted by atomic mass is 9.72. The molecular formula is C20H16N2O2. The Bertz CT molecular complexity index is 882. The topological polar surface area (TPSA) is 52.1 Å². The van der Waals surface area contributed by atoms with Crippen LogP contribution in [0.15, 0.2) is 61.1 Å². The summed E-state index contributed by atoms with van der Waals surface area (Å²) in [7, 11) is 0. The van der Waals surface area contributed by atoms with E-state index in [1.807, 2.05) is 56.3 Å². The third-order valence-electron chi connectivity index (χ3n) is 4.48. The van der Waals surface area contributed by atoms with Gasteiger partial charge in [-0.3, -0.25) is 9.97 Å². The summed E-state index contributed by atoms with van der Waals surface area (Å²) in [5, 5.41) is 0. The molecule has 4 heteroatoms. The molecule has 0 saturated carbocycles. The van der Waals surface area contributed by atoms with E-state index >= 15 is 0 Å². The molecule has 0 bridgehead atoms. The van der Waals surface area contributed by atoms with E-state index < -0.39 is 5.41 Å². The first-order valence-electron chi connectivity index (χ1n) is 7.80. The Morgan fingerprint density at radius 3 is 2.54 bits per heavy atom. The van der Waals surface area contributed by atoms with Gasteiger partial charge in [-0.15, -0.1) is 0 Å². The van der Waals surface area contributed by atoms with Gasteiger partial charge in [0.15, 0.2) is 5.41 Å². The maximum absolute atomic E-state index is 13.1. The molecule has 4 nitrogen and oxygen atoms in total. The van der Waals surface area contributed by atoms with Gasteiger partial charge < -0.3 is 4.74 Å². The largest absolute Gasteiger partial charge is 0.425 e. The van der Waals surface area contributed by atoms with Crippen LogP contribution >= 0.6 is 0 Å². The van der Waals surface area contributed by atoms with Crippen molar-refractivity contribution in [2.75, 3.05) is 0 Å². The quantitative estimate of drug-likeness (QED) is 0.537. The molecule has 0 radical (unpaired) electrons. The van der Waals surface area contributed by atoms with Crippen molar-refractivity contribution in [2.45, 2.75) is 19.3 Å². The number of nitrogens with zero attached hydrogens (tertiary/aromatic N) is 2. The van der Waals surface area contributed by atoms with Gasteiger partial charge in [-0.05, 0) is 25.0 Å². The number of aromatic nitrogens is 2. The van der Waals surface area contributed by atoms with Crippen molar-refractivity contribution in [3.63, 3.8) is 0 Å². The first-order chi connectivity index (χ1) is 11.6. The molecule has 0 amide bonds. The summed E-state index contributed by atoms with van der Waals surface area (Å²) in [6.07, 6.45) is 4.85. The van der Waals surface area contributed by atoms with Gasteiger partial charge in [0, 0.05) is 18.0 Å². The van der Waals surface area contributed by atoms with Gasteiger partial charge in [0.25, 0.3) is 0 Å². The van der Waals surface area contributed by atoms with Crippen LogP contribution in [0.25, 0.3) is 0 Å². The average molecular weight is 316 g/mol. The third-order valence-corrected chi connectivity index (χ3v) is 4.48. The molecule has 3 aromatic rings. The number of hydrogen-bond acceptors (Lipinski definition) is 4. The minimum absolute atomic E-state index is 0.335. The number of hydrogen-bond donors (Lipinski definition) is 0. The average Bonchev–Trinajstić information content (AvgIpc) is 2.90. The predicted octanol–water partition coefficient (Wildman–Crippen LogP) is 3.35. The van der Waals surface area contributed by atoms with E-state index in [0.717, 1.165) is 22.3 Å². The molecule has 1 atom stereocenters. The fourth-order valence-corrected chi connectivity index (χ4v) is 3.49. The lowest BCUT2D eigenvalue weighted by molar-refractivity contribution is -0.135. The number of benzene rings is 2. The van der Waals surface area contributed by atoms with Gasteiger partial charge in [-0.25, -0.2) is 4.79 Å². The molecule has 1 aliphatic heterocycles. The molecule has 0 fully saturated rings. The number of rotatable bonds is 2. The number of carbonyl (C=O) groups excluding carboxylic acids is 1. The zero-order chi connectivity index (χ0) is 16.7. The van der Waals surface area contributed by atoms with E-state index in [2.05, 4.69) is 9.97 Å². The predicted molar refractivity (Wildman–Crippen MR) is 89.9 cm³/mol. The van der Waals surface area contributed by atoms with E-state index in [-0.39, 0.29) is 5.97 Å². The second-order valence-corrected chi connectivity index (χ2v) is 6.05. The van der Waals surface area contributed by atoms with Crippen molar-refractivity contribution in [3.8, 4) is 5.75 Å². The van der Waals surface area contributed by atoms with Crippen LogP contribution in [-0.4, -0.2) is 15.9 Å². The van der Waals surface area contributed by atoms with Gasteiger partial charge in [0.05, 0.1) is 11.9 Å². The third kappa shape index (κ3) is 1.89. The van der Waals surface area contributed by atoms with Gasteiger partial charge in [-0.2, -0.15) is 0 Å². The van der Waals surface area contributed by atoms with Crippen LogP contribution in [-0.2, 0) is 10.2 Å². The molecule has 0 saturated heterocycles. The highest BCUT2D eigenvalue weighted by atomic mass is 16.5. The number of aryl methyl sites for hydroxylation is 2. The summed E-state index contributed by atoms with van der Waals surface area (Å²) in [6.45, 7) is 3.97. The standard InChI is InChI=1S/C20H16N2O2/c1-13-10-14(2)18-16(11-13)20(19(23)24-18,15-6-4-3-5-7-15)17-12-21-8-9-22-17/h3-12H,1-2H3. The van der Waals surface area contributed by atoms with E-state index in [0.29, 0.717) is 11.4 Å². The van der Waals surface area contributed by atoms with E-state index in [4.69, 9.17) is 4.74 Å². The highest BCUT2D eigenvalue weighted by molar-refractivity contribution is 5.98. The zero-order valence-corrected chi connectivity index (χ0v) is 13.5. The molecule has 24 heavy (non-hydrogen) atoms. The summed E-state index contributed by atoms with van der Waals surface area (Å²) >= 11 is 0. The highest BCUT2D eigenvalue weighted by Gasteiger charge is 2.53. The van der Waals surface area contributed by atoms with Crippen LogP contribution in [0.3, 0.4) is 0 Å². The lowest BCUT2D eigenvalue weighted by Crippen LogP contribution is -2.37. The molecule has 118 valence electrons. The molecular weight excluding hydrogens is 300 g/mol. The fraction of sp³-hybridized carbons (Fsp3) is 0.150.